The van der Waals surface area contributed by atoms with E-state index < -0.39 is 11.7 Å². The van der Waals surface area contributed by atoms with Crippen LogP contribution < -0.4 is 5.32 Å². The molecule has 5 heterocycles. The van der Waals surface area contributed by atoms with Gasteiger partial charge in [0, 0.05) is 37.5 Å². The van der Waals surface area contributed by atoms with Crippen molar-refractivity contribution in [2.45, 2.75) is 71.7 Å². The normalized spacial score (nSPS) is 15.5. The van der Waals surface area contributed by atoms with Crippen LogP contribution in [0.15, 0.2) is 55.2 Å². The summed E-state index contributed by atoms with van der Waals surface area (Å²) in [6.07, 6.45) is 9.03. The highest BCUT2D eigenvalue weighted by molar-refractivity contribution is 5.92. The molecular formula is C32H38N10O3. The summed E-state index contributed by atoms with van der Waals surface area (Å²) in [7, 11) is 1.86. The number of nitrogens with one attached hydrogen (secondary N) is 1. The van der Waals surface area contributed by atoms with Crippen molar-refractivity contribution in [3.05, 3.63) is 72.1 Å². The average Bonchev–Trinajstić information content (AvgIpc) is 3.71. The van der Waals surface area contributed by atoms with Crippen LogP contribution in [-0.2, 0) is 23.9 Å². The summed E-state index contributed by atoms with van der Waals surface area (Å²) in [6, 6.07) is 7.58. The van der Waals surface area contributed by atoms with Gasteiger partial charge >= 0.3 is 6.09 Å². The van der Waals surface area contributed by atoms with Crippen LogP contribution in [0.3, 0.4) is 0 Å². The van der Waals surface area contributed by atoms with Gasteiger partial charge in [0.15, 0.2) is 5.69 Å². The predicted octanol–water partition coefficient (Wildman–Crippen LogP) is 4.76. The lowest BCUT2D eigenvalue weighted by Gasteiger charge is -2.26. The van der Waals surface area contributed by atoms with E-state index in [4.69, 9.17) is 9.72 Å². The average molecular weight is 611 g/mol. The topological polar surface area (TPSA) is 137 Å². The zero-order valence-electron chi connectivity index (χ0n) is 26.6. The van der Waals surface area contributed by atoms with E-state index in [-0.39, 0.29) is 23.2 Å². The molecule has 0 unspecified atom stereocenters. The maximum Gasteiger partial charge on any atom is 0.410 e. The Morgan fingerprint density at radius 3 is 2.49 bits per heavy atom. The van der Waals surface area contributed by atoms with Crippen molar-refractivity contribution in [2.24, 2.45) is 7.05 Å². The minimum absolute atomic E-state index is 0.232. The monoisotopic (exact) mass is 610 g/mol. The molecule has 234 valence electrons. The van der Waals surface area contributed by atoms with E-state index in [0.717, 1.165) is 39.2 Å². The second kappa shape index (κ2) is 11.1. The summed E-state index contributed by atoms with van der Waals surface area (Å²) < 4.78 is 10.9. The molecule has 0 bridgehead atoms. The van der Waals surface area contributed by atoms with Gasteiger partial charge in [-0.2, -0.15) is 10.2 Å². The van der Waals surface area contributed by atoms with Crippen LogP contribution in [0.1, 0.15) is 75.6 Å². The van der Waals surface area contributed by atoms with Crippen LogP contribution in [-0.4, -0.2) is 68.4 Å². The van der Waals surface area contributed by atoms with Gasteiger partial charge in [0.25, 0.3) is 5.91 Å². The number of rotatable bonds is 4. The number of aromatic nitrogens is 8. The van der Waals surface area contributed by atoms with Crippen LogP contribution in [0.2, 0.25) is 0 Å². The van der Waals surface area contributed by atoms with Crippen molar-refractivity contribution in [2.75, 3.05) is 6.54 Å². The van der Waals surface area contributed by atoms with Crippen LogP contribution in [0.25, 0.3) is 28.0 Å². The largest absolute Gasteiger partial charge is 0.444 e. The highest BCUT2D eigenvalue weighted by atomic mass is 16.6. The highest BCUT2D eigenvalue weighted by Gasteiger charge is 2.30. The standard InChI is InChI=1S/C32H38N10O3/c1-31(2,3)42-19-26(37-38-42)29(43)36-24-11-13-40(30(44)45-32(4,5)6)17-21-14-20(8-9-23(21)24)28-27-10-12-33-41(27)18-25(35-28)22-15-34-39(7)16-22/h8-10,12,14-16,18-19,24H,11,13,17H2,1-7H3,(H,36,43)/t24-/m1/s1. The number of amides is 2. The molecule has 13 nitrogen and oxygen atoms in total. The Bertz CT molecular complexity index is 1890. The van der Waals surface area contributed by atoms with Crippen molar-refractivity contribution in [1.29, 1.82) is 0 Å². The molecule has 1 aromatic carbocycles. The maximum atomic E-state index is 13.4. The summed E-state index contributed by atoms with van der Waals surface area (Å²) >= 11 is 0. The first-order valence-corrected chi connectivity index (χ1v) is 14.9. The van der Waals surface area contributed by atoms with Gasteiger partial charge in [0.2, 0.25) is 0 Å². The predicted molar refractivity (Wildman–Crippen MR) is 167 cm³/mol. The molecule has 1 aliphatic rings. The van der Waals surface area contributed by atoms with E-state index >= 15 is 0 Å². The molecule has 45 heavy (non-hydrogen) atoms. The second-order valence-corrected chi connectivity index (χ2v) is 13.4. The fraction of sp³-hybridized carbons (Fsp3) is 0.406. The Kier molecular flexibility index (Phi) is 7.42. The van der Waals surface area contributed by atoms with Gasteiger partial charge in [0.1, 0.15) is 5.60 Å². The maximum absolute atomic E-state index is 13.4. The zero-order valence-corrected chi connectivity index (χ0v) is 26.6. The number of ether oxygens (including phenoxy) is 1. The Labute approximate surface area is 261 Å². The molecule has 0 radical (unpaired) electrons. The first kappa shape index (κ1) is 30.0. The van der Waals surface area contributed by atoms with E-state index in [1.165, 1.54) is 0 Å². The van der Waals surface area contributed by atoms with E-state index in [2.05, 4.69) is 25.8 Å². The third-order valence-corrected chi connectivity index (χ3v) is 7.60. The van der Waals surface area contributed by atoms with E-state index in [0.29, 0.717) is 19.5 Å². The molecule has 1 aliphatic heterocycles. The minimum Gasteiger partial charge on any atom is -0.444 e. The Morgan fingerprint density at radius 2 is 1.80 bits per heavy atom. The third kappa shape index (κ3) is 6.28. The summed E-state index contributed by atoms with van der Waals surface area (Å²) in [5, 5.41) is 20.2. The molecule has 4 aromatic heterocycles. The molecule has 0 saturated carbocycles. The highest BCUT2D eigenvalue weighted by Crippen LogP contribution is 2.33. The van der Waals surface area contributed by atoms with Crippen molar-refractivity contribution in [1.82, 2.24) is 49.6 Å². The van der Waals surface area contributed by atoms with Gasteiger partial charge in [-0.25, -0.2) is 19.0 Å². The van der Waals surface area contributed by atoms with Crippen molar-refractivity contribution in [3.8, 4) is 22.5 Å². The second-order valence-electron chi connectivity index (χ2n) is 13.4. The molecule has 0 spiro atoms. The minimum atomic E-state index is -0.648. The molecule has 0 aliphatic carbocycles. The summed E-state index contributed by atoms with van der Waals surface area (Å²) in [5.74, 6) is -0.331. The Balaban J connectivity index is 1.39. The van der Waals surface area contributed by atoms with Crippen LogP contribution >= 0.6 is 0 Å². The molecule has 1 atom stereocenters. The summed E-state index contributed by atoms with van der Waals surface area (Å²) in [4.78, 5) is 33.4. The molecular weight excluding hydrogens is 572 g/mol. The number of benzene rings is 1. The van der Waals surface area contributed by atoms with Crippen LogP contribution in [0.4, 0.5) is 4.79 Å². The van der Waals surface area contributed by atoms with Crippen molar-refractivity contribution in [3.63, 3.8) is 0 Å². The molecule has 13 heteroatoms. The Hall–Kier alpha value is -5.07. The summed E-state index contributed by atoms with van der Waals surface area (Å²) in [6.45, 7) is 12.2. The van der Waals surface area contributed by atoms with E-state index in [1.807, 2.05) is 85.2 Å². The number of hydrogen-bond donors (Lipinski definition) is 1. The fourth-order valence-corrected chi connectivity index (χ4v) is 5.35. The van der Waals surface area contributed by atoms with Crippen LogP contribution in [0.5, 0.6) is 0 Å². The number of carbonyl (C=O) groups is 2. The molecule has 0 saturated heterocycles. The van der Waals surface area contributed by atoms with Gasteiger partial charge in [-0.1, -0.05) is 17.3 Å². The molecule has 0 fully saturated rings. The van der Waals surface area contributed by atoms with Crippen molar-refractivity contribution >= 4 is 17.5 Å². The number of hydrogen-bond acceptors (Lipinski definition) is 8. The van der Waals surface area contributed by atoms with Crippen molar-refractivity contribution < 1.29 is 14.3 Å². The van der Waals surface area contributed by atoms with E-state index in [1.54, 1.807) is 37.4 Å². The van der Waals surface area contributed by atoms with Gasteiger partial charge in [-0.05, 0) is 71.2 Å². The third-order valence-electron chi connectivity index (χ3n) is 7.60. The number of fused-ring (bicyclic) bond motifs is 2. The van der Waals surface area contributed by atoms with Crippen LogP contribution in [0, 0.1) is 0 Å². The van der Waals surface area contributed by atoms with Gasteiger partial charge < -0.3 is 15.0 Å². The smallest absolute Gasteiger partial charge is 0.410 e. The fourth-order valence-electron chi connectivity index (χ4n) is 5.35. The number of nitrogens with zero attached hydrogens (tertiary/aromatic N) is 9. The zero-order chi connectivity index (χ0) is 32.1. The molecule has 2 amide bonds. The van der Waals surface area contributed by atoms with Gasteiger partial charge in [-0.3, -0.25) is 9.48 Å². The number of carbonyl (C=O) groups excluding carboxylic acids is 2. The quantitative estimate of drug-likeness (QED) is 0.308. The lowest BCUT2D eigenvalue weighted by molar-refractivity contribution is 0.0234. The molecule has 1 N–H and O–H groups in total. The summed E-state index contributed by atoms with van der Waals surface area (Å²) in [5.41, 5.74) is 5.10. The molecule has 5 aromatic rings. The lowest BCUT2D eigenvalue weighted by Crippen LogP contribution is -2.37. The SMILES string of the molecule is Cn1cc(-c2cn3nccc3c(-c3ccc4c(c3)CN(C(=O)OC(C)(C)C)CC[C@H]4NC(=O)c3cn(C(C)(C)C)nn3)n2)cn1. The van der Waals surface area contributed by atoms with Gasteiger partial charge in [0.05, 0.1) is 53.3 Å². The lowest BCUT2D eigenvalue weighted by atomic mass is 9.95. The molecule has 6 rings (SSSR count). The first-order valence-electron chi connectivity index (χ1n) is 14.9. The Morgan fingerprint density at radius 1 is 1.00 bits per heavy atom. The van der Waals surface area contributed by atoms with Gasteiger partial charge in [-0.15, -0.1) is 5.10 Å². The first-order chi connectivity index (χ1) is 21.2. The number of aryl methyl sites for hydroxylation is 1. The van der Waals surface area contributed by atoms with E-state index in [9.17, 15) is 9.59 Å².